The molecule has 0 aliphatic carbocycles. The summed E-state index contributed by atoms with van der Waals surface area (Å²) in [5, 5.41) is 10.4. The Hall–Kier alpha value is -1.83. The van der Waals surface area contributed by atoms with Gasteiger partial charge in [0.25, 0.3) is 10.1 Å². The zero-order valence-corrected chi connectivity index (χ0v) is 9.40. The lowest BCUT2D eigenvalue weighted by Crippen LogP contribution is -1.98. The second-order valence-corrected chi connectivity index (χ2v) is 4.78. The predicted molar refractivity (Wildman–Crippen MR) is 63.5 cm³/mol. The zero-order valence-electron chi connectivity index (χ0n) is 8.58. The van der Waals surface area contributed by atoms with Crippen molar-refractivity contribution in [1.82, 2.24) is 0 Å². The molecule has 0 fully saturated rings. The molecule has 92 valence electrons. The van der Waals surface area contributed by atoms with Gasteiger partial charge in [0.15, 0.2) is 0 Å². The van der Waals surface area contributed by atoms with E-state index >= 15 is 0 Å². The van der Waals surface area contributed by atoms with E-state index in [4.69, 9.17) is 10.3 Å². The van der Waals surface area contributed by atoms with Crippen molar-refractivity contribution < 1.29 is 23.6 Å². The molecule has 0 unspecified atom stereocenters. The topological polar surface area (TPSA) is 132 Å². The number of hydrogen-bond acceptors (Lipinski definition) is 4. The maximum Gasteiger partial charge on any atom is 0.294 e. The molecule has 2 aromatic rings. The van der Waals surface area contributed by atoms with Gasteiger partial charge in [0.1, 0.15) is 5.75 Å². The minimum absolute atomic E-state index is 0. The van der Waals surface area contributed by atoms with E-state index in [0.29, 0.717) is 16.5 Å². The van der Waals surface area contributed by atoms with E-state index in [1.807, 2.05) is 0 Å². The van der Waals surface area contributed by atoms with E-state index in [0.717, 1.165) is 6.07 Å². The van der Waals surface area contributed by atoms with Gasteiger partial charge >= 0.3 is 0 Å². The number of phenols is 1. The van der Waals surface area contributed by atoms with E-state index in [-0.39, 0.29) is 16.1 Å². The quantitative estimate of drug-likeness (QED) is 0.507. The Labute approximate surface area is 97.4 Å². The van der Waals surface area contributed by atoms with E-state index in [1.165, 1.54) is 6.07 Å². The second kappa shape index (κ2) is 4.21. The van der Waals surface area contributed by atoms with Crippen LogP contribution in [-0.2, 0) is 10.1 Å². The lowest BCUT2D eigenvalue weighted by Gasteiger charge is -2.06. The first-order valence-corrected chi connectivity index (χ1v) is 5.82. The smallest absolute Gasteiger partial charge is 0.294 e. The first-order valence-electron chi connectivity index (χ1n) is 4.38. The number of hydrogen-bond donors (Lipinski definition) is 3. The molecule has 0 amide bonds. The molecule has 2 aromatic carbocycles. The summed E-state index contributed by atoms with van der Waals surface area (Å²) < 4.78 is 30.8. The van der Waals surface area contributed by atoms with Crippen molar-refractivity contribution in [3.8, 4) is 5.75 Å². The molecule has 6 N–H and O–H groups in total. The van der Waals surface area contributed by atoms with E-state index in [9.17, 15) is 13.5 Å². The first kappa shape index (κ1) is 13.2. The number of nitrogens with two attached hydrogens (primary N) is 1. The zero-order chi connectivity index (χ0) is 11.9. The number of anilines is 1. The van der Waals surface area contributed by atoms with Gasteiger partial charge in [-0.15, -0.1) is 0 Å². The predicted octanol–water partition coefficient (Wildman–Crippen LogP) is 0.550. The Kier molecular flexibility index (Phi) is 3.28. The van der Waals surface area contributed by atoms with Crippen molar-refractivity contribution in [2.45, 2.75) is 4.90 Å². The van der Waals surface area contributed by atoms with Crippen LogP contribution in [0.3, 0.4) is 0 Å². The van der Waals surface area contributed by atoms with Gasteiger partial charge in [0.05, 0.1) is 4.90 Å². The molecular formula is C10H11NO5S. The van der Waals surface area contributed by atoms with Crippen molar-refractivity contribution in [3.05, 3.63) is 30.3 Å². The maximum atomic E-state index is 10.9. The van der Waals surface area contributed by atoms with Gasteiger partial charge in [-0.2, -0.15) is 8.42 Å². The highest BCUT2D eigenvalue weighted by atomic mass is 32.2. The highest BCUT2D eigenvalue weighted by Gasteiger charge is 2.13. The van der Waals surface area contributed by atoms with Crippen molar-refractivity contribution in [3.63, 3.8) is 0 Å². The molecule has 0 aliphatic rings. The van der Waals surface area contributed by atoms with Gasteiger partial charge in [-0.05, 0) is 12.1 Å². The number of nitrogen functional groups attached to an aromatic ring is 1. The fourth-order valence-electron chi connectivity index (χ4n) is 1.51. The Balaban J connectivity index is 0.00000144. The Morgan fingerprint density at radius 2 is 1.76 bits per heavy atom. The van der Waals surface area contributed by atoms with Gasteiger partial charge in [-0.25, -0.2) is 0 Å². The molecule has 17 heavy (non-hydrogen) atoms. The normalized spacial score (nSPS) is 11.1. The van der Waals surface area contributed by atoms with Crippen molar-refractivity contribution >= 4 is 26.6 Å². The molecule has 2 rings (SSSR count). The minimum Gasteiger partial charge on any atom is -0.507 e. The van der Waals surface area contributed by atoms with E-state index in [1.54, 1.807) is 18.2 Å². The van der Waals surface area contributed by atoms with Crippen LogP contribution in [0.5, 0.6) is 5.75 Å². The molecular weight excluding hydrogens is 246 g/mol. The molecule has 0 aromatic heterocycles. The van der Waals surface area contributed by atoms with E-state index in [2.05, 4.69) is 0 Å². The Bertz CT molecular complexity index is 666. The molecule has 0 bridgehead atoms. The lowest BCUT2D eigenvalue weighted by atomic mass is 10.1. The average Bonchev–Trinajstić information content (AvgIpc) is 2.18. The third-order valence-corrected chi connectivity index (χ3v) is 3.11. The lowest BCUT2D eigenvalue weighted by molar-refractivity contribution is 0.471. The van der Waals surface area contributed by atoms with Crippen LogP contribution in [0.25, 0.3) is 10.8 Å². The summed E-state index contributed by atoms with van der Waals surface area (Å²) in [5.74, 6) is -0.238. The van der Waals surface area contributed by atoms with Crippen LogP contribution < -0.4 is 5.73 Å². The van der Waals surface area contributed by atoms with Gasteiger partial charge in [0.2, 0.25) is 0 Å². The van der Waals surface area contributed by atoms with Crippen LogP contribution in [0.15, 0.2) is 35.2 Å². The highest BCUT2D eigenvalue weighted by molar-refractivity contribution is 7.85. The summed E-state index contributed by atoms with van der Waals surface area (Å²) in [6.07, 6.45) is 0. The van der Waals surface area contributed by atoms with Crippen LogP contribution in [0.1, 0.15) is 0 Å². The van der Waals surface area contributed by atoms with Crippen molar-refractivity contribution in [1.29, 1.82) is 0 Å². The number of rotatable bonds is 1. The summed E-state index contributed by atoms with van der Waals surface area (Å²) in [5.41, 5.74) is 5.98. The molecule has 0 radical (unpaired) electrons. The van der Waals surface area contributed by atoms with Crippen molar-refractivity contribution in [2.24, 2.45) is 0 Å². The molecule has 0 aliphatic heterocycles. The Morgan fingerprint density at radius 1 is 1.12 bits per heavy atom. The number of phenolic OH excluding ortho intramolecular Hbond substituents is 1. The minimum atomic E-state index is -4.35. The molecule has 0 saturated heterocycles. The number of aromatic hydroxyl groups is 1. The van der Waals surface area contributed by atoms with Crippen LogP contribution >= 0.6 is 0 Å². The molecule has 7 heteroatoms. The van der Waals surface area contributed by atoms with Crippen LogP contribution in [0.2, 0.25) is 0 Å². The molecule has 0 spiro atoms. The molecule has 6 nitrogen and oxygen atoms in total. The fraction of sp³-hybridized carbons (Fsp3) is 0. The Morgan fingerprint density at radius 3 is 2.35 bits per heavy atom. The third kappa shape index (κ3) is 2.31. The van der Waals surface area contributed by atoms with Gasteiger partial charge in [-0.3, -0.25) is 4.55 Å². The van der Waals surface area contributed by atoms with Crippen LogP contribution in [-0.4, -0.2) is 23.6 Å². The summed E-state index contributed by atoms with van der Waals surface area (Å²) in [6, 6.07) is 7.03. The maximum absolute atomic E-state index is 10.9. The summed E-state index contributed by atoms with van der Waals surface area (Å²) in [6.45, 7) is 0. The van der Waals surface area contributed by atoms with Crippen molar-refractivity contribution in [2.75, 3.05) is 5.73 Å². The van der Waals surface area contributed by atoms with Gasteiger partial charge < -0.3 is 16.3 Å². The SMILES string of the molecule is Nc1cccc2c(O)cc(S(=O)(=O)O)cc12.O. The van der Waals surface area contributed by atoms with E-state index < -0.39 is 10.1 Å². The number of fused-ring (bicyclic) bond motifs is 1. The monoisotopic (exact) mass is 257 g/mol. The molecule has 0 saturated carbocycles. The first-order chi connectivity index (χ1) is 7.39. The average molecular weight is 257 g/mol. The standard InChI is InChI=1S/C10H9NO4S.H2O/c11-9-3-1-2-7-8(9)4-6(5-10(7)12)16(13,14)15;/h1-5,12H,11H2,(H,13,14,15);1H2. The summed E-state index contributed by atoms with van der Waals surface area (Å²) >= 11 is 0. The molecule has 0 atom stereocenters. The van der Waals surface area contributed by atoms with Crippen LogP contribution in [0.4, 0.5) is 5.69 Å². The van der Waals surface area contributed by atoms with Gasteiger partial charge in [-0.1, -0.05) is 12.1 Å². The highest BCUT2D eigenvalue weighted by Crippen LogP contribution is 2.31. The largest absolute Gasteiger partial charge is 0.507 e. The summed E-state index contributed by atoms with van der Waals surface area (Å²) in [4.78, 5) is -0.379. The number of benzene rings is 2. The van der Waals surface area contributed by atoms with Crippen LogP contribution in [0, 0.1) is 0 Å². The fourth-order valence-corrected chi connectivity index (χ4v) is 2.04. The molecule has 0 heterocycles. The second-order valence-electron chi connectivity index (χ2n) is 3.36. The summed E-state index contributed by atoms with van der Waals surface area (Å²) in [7, 11) is -4.35. The third-order valence-electron chi connectivity index (χ3n) is 2.28. The van der Waals surface area contributed by atoms with Gasteiger partial charge in [0, 0.05) is 22.5 Å².